The number of aromatic nitrogens is 1. The number of halogens is 2. The Labute approximate surface area is 189 Å². The first-order chi connectivity index (χ1) is 14.3. The average molecular weight is 464 g/mol. The summed E-state index contributed by atoms with van der Waals surface area (Å²) in [6.45, 7) is 2.84. The molecule has 158 valence electrons. The zero-order chi connectivity index (χ0) is 21.4. The van der Waals surface area contributed by atoms with E-state index in [9.17, 15) is 4.79 Å². The van der Waals surface area contributed by atoms with Gasteiger partial charge in [0.2, 0.25) is 0 Å². The number of fused-ring (bicyclic) bond motifs is 2. The zero-order valence-electron chi connectivity index (χ0n) is 16.8. The van der Waals surface area contributed by atoms with E-state index >= 15 is 0 Å². The van der Waals surface area contributed by atoms with Crippen molar-refractivity contribution in [2.24, 2.45) is 7.05 Å². The fraction of sp³-hybridized carbons (Fsp3) is 0.318. The second kappa shape index (κ2) is 8.61. The molecule has 2 aromatic carbocycles. The van der Waals surface area contributed by atoms with Gasteiger partial charge in [-0.2, -0.15) is 0 Å². The number of aliphatic carboxylic acids is 1. The first-order valence-electron chi connectivity index (χ1n) is 9.74. The summed E-state index contributed by atoms with van der Waals surface area (Å²) in [6, 6.07) is 10.1. The highest BCUT2D eigenvalue weighted by molar-refractivity contribution is 8.00. The number of carboxylic acid groups (broad SMARTS) is 1. The van der Waals surface area contributed by atoms with Crippen LogP contribution in [-0.2, 0) is 18.4 Å². The highest BCUT2D eigenvalue weighted by atomic mass is 35.5. The minimum atomic E-state index is -0.764. The minimum Gasteiger partial charge on any atom is -0.481 e. The summed E-state index contributed by atoms with van der Waals surface area (Å²) in [4.78, 5) is 13.1. The lowest BCUT2D eigenvalue weighted by Crippen LogP contribution is -2.32. The fourth-order valence-electron chi connectivity index (χ4n) is 3.98. The van der Waals surface area contributed by atoms with Gasteiger partial charge < -0.3 is 19.9 Å². The molecule has 0 aliphatic carbocycles. The standard InChI is InChI=1S/C22H23Cl2N3O2S/c1-13-5-3-6-18-21(13)14(11-26(18)2)12-27-19-10-16(24)15(23)9-17(19)25-22(27)30-8-4-7-20(28)29/h3,5-6,9-11,22,25H,4,7-8,12H2,1-2H3,(H,28,29). The van der Waals surface area contributed by atoms with Gasteiger partial charge in [0.1, 0.15) is 5.50 Å². The van der Waals surface area contributed by atoms with E-state index in [-0.39, 0.29) is 11.9 Å². The molecule has 1 unspecified atom stereocenters. The third kappa shape index (κ3) is 4.09. The van der Waals surface area contributed by atoms with Gasteiger partial charge in [0, 0.05) is 37.1 Å². The molecule has 0 saturated carbocycles. The number of carbonyl (C=O) groups is 1. The Morgan fingerprint density at radius 3 is 2.80 bits per heavy atom. The number of thioether (sulfide) groups is 1. The van der Waals surface area contributed by atoms with Crippen LogP contribution >= 0.6 is 35.0 Å². The quantitative estimate of drug-likeness (QED) is 0.414. The molecule has 0 saturated heterocycles. The van der Waals surface area contributed by atoms with Crippen LogP contribution in [0.1, 0.15) is 24.0 Å². The molecule has 2 heterocycles. The van der Waals surface area contributed by atoms with Crippen molar-refractivity contribution in [3.63, 3.8) is 0 Å². The zero-order valence-corrected chi connectivity index (χ0v) is 19.1. The summed E-state index contributed by atoms with van der Waals surface area (Å²) < 4.78 is 2.16. The molecule has 1 aliphatic heterocycles. The van der Waals surface area contributed by atoms with Crippen molar-refractivity contribution >= 4 is 63.2 Å². The maximum atomic E-state index is 10.8. The Bertz CT molecular complexity index is 1120. The topological polar surface area (TPSA) is 57.5 Å². The Morgan fingerprint density at radius 2 is 2.03 bits per heavy atom. The van der Waals surface area contributed by atoms with Gasteiger partial charge in [-0.25, -0.2) is 0 Å². The van der Waals surface area contributed by atoms with Gasteiger partial charge in [0.15, 0.2) is 0 Å². The SMILES string of the molecule is Cc1cccc2c1c(CN1c3cc(Cl)c(Cl)cc3NC1SCCCC(=O)O)cn2C. The Hall–Kier alpha value is -2.02. The van der Waals surface area contributed by atoms with Crippen LogP contribution in [0.4, 0.5) is 11.4 Å². The first-order valence-corrected chi connectivity index (χ1v) is 11.5. The first kappa shape index (κ1) is 21.2. The Balaban J connectivity index is 1.66. The molecule has 0 fully saturated rings. The minimum absolute atomic E-state index is 0.0254. The molecule has 2 N–H and O–H groups in total. The van der Waals surface area contributed by atoms with Gasteiger partial charge in [-0.3, -0.25) is 4.79 Å². The second-order valence-corrected chi connectivity index (χ2v) is 9.51. The number of nitrogens with zero attached hydrogens (tertiary/aromatic N) is 2. The molecule has 1 atom stereocenters. The molecule has 0 radical (unpaired) electrons. The lowest BCUT2D eigenvalue weighted by atomic mass is 10.1. The maximum Gasteiger partial charge on any atom is 0.303 e. The van der Waals surface area contributed by atoms with Gasteiger partial charge >= 0.3 is 5.97 Å². The molecule has 1 aliphatic rings. The van der Waals surface area contributed by atoms with Crippen LogP contribution in [0.3, 0.4) is 0 Å². The van der Waals surface area contributed by atoms with Crippen LogP contribution in [0, 0.1) is 6.92 Å². The van der Waals surface area contributed by atoms with Crippen LogP contribution in [0.25, 0.3) is 10.9 Å². The summed E-state index contributed by atoms with van der Waals surface area (Å²) in [5.41, 5.74) is 5.61. The van der Waals surface area contributed by atoms with E-state index in [1.54, 1.807) is 11.8 Å². The summed E-state index contributed by atoms with van der Waals surface area (Å²) in [5.74, 6) is -0.0234. The number of benzene rings is 2. The second-order valence-electron chi connectivity index (χ2n) is 7.51. The predicted octanol–water partition coefficient (Wildman–Crippen LogP) is 6.11. The molecular weight excluding hydrogens is 441 g/mol. The van der Waals surface area contributed by atoms with Crippen molar-refractivity contribution in [1.82, 2.24) is 4.57 Å². The van der Waals surface area contributed by atoms with E-state index in [0.717, 1.165) is 17.1 Å². The molecule has 4 rings (SSSR count). The number of aryl methyl sites for hydroxylation is 2. The van der Waals surface area contributed by atoms with E-state index in [4.69, 9.17) is 28.3 Å². The van der Waals surface area contributed by atoms with E-state index in [0.29, 0.717) is 23.0 Å². The van der Waals surface area contributed by atoms with E-state index < -0.39 is 5.97 Å². The van der Waals surface area contributed by atoms with Crippen molar-refractivity contribution in [2.75, 3.05) is 16.0 Å². The van der Waals surface area contributed by atoms with Crippen LogP contribution in [-0.4, -0.2) is 26.9 Å². The van der Waals surface area contributed by atoms with Crippen molar-refractivity contribution < 1.29 is 9.90 Å². The van der Waals surface area contributed by atoms with Crippen molar-refractivity contribution in [1.29, 1.82) is 0 Å². The highest BCUT2D eigenvalue weighted by Gasteiger charge is 2.31. The fourth-order valence-corrected chi connectivity index (χ4v) is 5.41. The molecule has 5 nitrogen and oxygen atoms in total. The van der Waals surface area contributed by atoms with Crippen LogP contribution in [0.5, 0.6) is 0 Å². The highest BCUT2D eigenvalue weighted by Crippen LogP contribution is 2.44. The summed E-state index contributed by atoms with van der Waals surface area (Å²) in [7, 11) is 2.07. The number of nitrogens with one attached hydrogen (secondary N) is 1. The van der Waals surface area contributed by atoms with Crippen LogP contribution in [0.2, 0.25) is 10.0 Å². The normalized spacial score (nSPS) is 15.5. The Kier molecular flexibility index (Phi) is 6.09. The third-order valence-electron chi connectivity index (χ3n) is 5.36. The van der Waals surface area contributed by atoms with Crippen molar-refractivity contribution in [2.45, 2.75) is 31.8 Å². The molecule has 8 heteroatoms. The number of hydrogen-bond donors (Lipinski definition) is 2. The number of carboxylic acids is 1. The van der Waals surface area contributed by atoms with Gasteiger partial charge in [-0.15, -0.1) is 11.8 Å². The smallest absolute Gasteiger partial charge is 0.303 e. The predicted molar refractivity (Wildman–Crippen MR) is 127 cm³/mol. The number of rotatable bonds is 7. The van der Waals surface area contributed by atoms with Crippen LogP contribution in [0.15, 0.2) is 36.5 Å². The Morgan fingerprint density at radius 1 is 1.27 bits per heavy atom. The molecule has 0 bridgehead atoms. The molecule has 3 aromatic rings. The van der Waals surface area contributed by atoms with Crippen molar-refractivity contribution in [3.05, 3.63) is 57.7 Å². The van der Waals surface area contributed by atoms with Gasteiger partial charge in [0.05, 0.1) is 21.4 Å². The third-order valence-corrected chi connectivity index (χ3v) is 7.30. The molecule has 0 amide bonds. The van der Waals surface area contributed by atoms with Gasteiger partial charge in [0.25, 0.3) is 0 Å². The summed E-state index contributed by atoms with van der Waals surface area (Å²) in [5, 5.41) is 14.7. The average Bonchev–Trinajstić information content (AvgIpc) is 3.18. The van der Waals surface area contributed by atoms with Crippen LogP contribution < -0.4 is 10.2 Å². The summed E-state index contributed by atoms with van der Waals surface area (Å²) in [6.07, 6.45) is 2.98. The largest absolute Gasteiger partial charge is 0.481 e. The molecule has 0 spiro atoms. The number of hydrogen-bond acceptors (Lipinski definition) is 4. The van der Waals surface area contributed by atoms with Crippen molar-refractivity contribution in [3.8, 4) is 0 Å². The molecular formula is C22H23Cl2N3O2S. The summed E-state index contributed by atoms with van der Waals surface area (Å²) >= 11 is 14.3. The maximum absolute atomic E-state index is 10.8. The number of anilines is 2. The van der Waals surface area contributed by atoms with Gasteiger partial charge in [-0.1, -0.05) is 35.3 Å². The lowest BCUT2D eigenvalue weighted by Gasteiger charge is -2.26. The molecule has 30 heavy (non-hydrogen) atoms. The van der Waals surface area contributed by atoms with E-state index in [1.807, 2.05) is 12.1 Å². The lowest BCUT2D eigenvalue weighted by molar-refractivity contribution is -0.137. The van der Waals surface area contributed by atoms with E-state index in [1.165, 1.54) is 22.0 Å². The molecule has 1 aromatic heterocycles. The van der Waals surface area contributed by atoms with Gasteiger partial charge in [-0.05, 0) is 48.4 Å². The monoisotopic (exact) mass is 463 g/mol. The van der Waals surface area contributed by atoms with E-state index in [2.05, 4.69) is 53.2 Å².